The number of alkyl halides is 3. The number of rotatable bonds is 2. The van der Waals surface area contributed by atoms with Gasteiger partial charge in [0.1, 0.15) is 0 Å². The fourth-order valence-corrected chi connectivity index (χ4v) is 1.98. The average molecular weight is 303 g/mol. The van der Waals surface area contributed by atoms with Crippen molar-refractivity contribution in [3.63, 3.8) is 0 Å². The lowest BCUT2D eigenvalue weighted by Crippen LogP contribution is -2.50. The van der Waals surface area contributed by atoms with Crippen LogP contribution in [-0.2, 0) is 15.7 Å². The monoisotopic (exact) mass is 303 g/mol. The summed E-state index contributed by atoms with van der Waals surface area (Å²) in [5.74, 6) is -1.60. The maximum absolute atomic E-state index is 12.9. The lowest BCUT2D eigenvalue weighted by atomic mass is 10.1. The number of halogens is 3. The summed E-state index contributed by atoms with van der Waals surface area (Å²) < 4.78 is 43.7. The van der Waals surface area contributed by atoms with Crippen LogP contribution in [0, 0.1) is 0 Å². The fraction of sp³-hybridized carbons (Fsp3) is 0.417. The number of amides is 2. The van der Waals surface area contributed by atoms with Crippen molar-refractivity contribution in [2.45, 2.75) is 12.3 Å². The third-order valence-electron chi connectivity index (χ3n) is 3.03. The Balaban J connectivity index is 2.26. The van der Waals surface area contributed by atoms with Crippen LogP contribution < -0.4 is 5.73 Å². The van der Waals surface area contributed by atoms with Crippen molar-refractivity contribution in [1.29, 1.82) is 0 Å². The third-order valence-corrected chi connectivity index (χ3v) is 3.03. The molecule has 2 heterocycles. The summed E-state index contributed by atoms with van der Waals surface area (Å²) in [6.45, 7) is -0.0538. The Bertz CT molecular complexity index is 562. The molecule has 0 radical (unpaired) electrons. The molecule has 1 atom stereocenters. The summed E-state index contributed by atoms with van der Waals surface area (Å²) in [4.78, 5) is 27.8. The van der Waals surface area contributed by atoms with Crippen LogP contribution in [0.2, 0.25) is 0 Å². The van der Waals surface area contributed by atoms with Gasteiger partial charge in [-0.2, -0.15) is 13.2 Å². The highest BCUT2D eigenvalue weighted by molar-refractivity contribution is 5.96. The van der Waals surface area contributed by atoms with Gasteiger partial charge in [0, 0.05) is 18.9 Å². The number of pyridine rings is 1. The van der Waals surface area contributed by atoms with Gasteiger partial charge in [-0.3, -0.25) is 14.6 Å². The van der Waals surface area contributed by atoms with E-state index in [2.05, 4.69) is 4.98 Å². The molecule has 0 aliphatic carbocycles. The molecule has 2 amide bonds. The van der Waals surface area contributed by atoms with E-state index in [-0.39, 0.29) is 19.7 Å². The van der Waals surface area contributed by atoms with Gasteiger partial charge in [-0.25, -0.2) is 0 Å². The minimum atomic E-state index is -4.69. The number of carbonyl (C=O) groups is 2. The predicted octanol–water partition coefficient (Wildman–Crippen LogP) is 0.427. The van der Waals surface area contributed by atoms with Crippen molar-refractivity contribution in [1.82, 2.24) is 9.88 Å². The first-order valence-corrected chi connectivity index (χ1v) is 6.02. The molecule has 0 aromatic carbocycles. The number of aromatic nitrogens is 1. The molecule has 1 fully saturated rings. The molecule has 0 spiro atoms. The first-order chi connectivity index (χ1) is 9.80. The van der Waals surface area contributed by atoms with E-state index in [9.17, 15) is 22.8 Å². The van der Waals surface area contributed by atoms with E-state index in [1.54, 1.807) is 0 Å². The minimum Gasteiger partial charge on any atom is -0.367 e. The van der Waals surface area contributed by atoms with Crippen LogP contribution in [0.4, 0.5) is 13.2 Å². The second kappa shape index (κ2) is 5.68. The molecule has 1 aromatic heterocycles. The van der Waals surface area contributed by atoms with E-state index in [0.29, 0.717) is 6.20 Å². The lowest BCUT2D eigenvalue weighted by Gasteiger charge is -2.31. The maximum atomic E-state index is 12.9. The van der Waals surface area contributed by atoms with Gasteiger partial charge in [-0.15, -0.1) is 0 Å². The molecule has 21 heavy (non-hydrogen) atoms. The second-order valence-electron chi connectivity index (χ2n) is 4.43. The molecular weight excluding hydrogens is 291 g/mol. The fourth-order valence-electron chi connectivity index (χ4n) is 1.98. The molecule has 6 nitrogen and oxygen atoms in total. The van der Waals surface area contributed by atoms with Crippen LogP contribution in [0.5, 0.6) is 0 Å². The number of primary amides is 1. The summed E-state index contributed by atoms with van der Waals surface area (Å²) in [7, 11) is 0. The van der Waals surface area contributed by atoms with E-state index in [4.69, 9.17) is 10.5 Å². The summed E-state index contributed by atoms with van der Waals surface area (Å²) in [6.07, 6.45) is -4.00. The molecule has 1 aliphatic heterocycles. The highest BCUT2D eigenvalue weighted by Crippen LogP contribution is 2.32. The van der Waals surface area contributed by atoms with Gasteiger partial charge in [-0.05, 0) is 6.07 Å². The summed E-state index contributed by atoms with van der Waals surface area (Å²) in [5.41, 5.74) is 3.45. The van der Waals surface area contributed by atoms with Crippen LogP contribution in [0.3, 0.4) is 0 Å². The lowest BCUT2D eigenvalue weighted by molar-refractivity contribution is -0.138. The Morgan fingerprint density at radius 3 is 2.76 bits per heavy atom. The van der Waals surface area contributed by atoms with E-state index >= 15 is 0 Å². The van der Waals surface area contributed by atoms with Gasteiger partial charge in [0.25, 0.3) is 5.91 Å². The van der Waals surface area contributed by atoms with Gasteiger partial charge in [0.15, 0.2) is 6.10 Å². The third kappa shape index (κ3) is 3.30. The van der Waals surface area contributed by atoms with E-state index < -0.39 is 35.2 Å². The van der Waals surface area contributed by atoms with Gasteiger partial charge in [0.2, 0.25) is 5.91 Å². The Kier molecular flexibility index (Phi) is 4.12. The van der Waals surface area contributed by atoms with Crippen molar-refractivity contribution < 1.29 is 27.5 Å². The van der Waals surface area contributed by atoms with E-state index in [0.717, 1.165) is 17.2 Å². The highest BCUT2D eigenvalue weighted by Gasteiger charge is 2.37. The molecule has 1 aromatic rings. The quantitative estimate of drug-likeness (QED) is 0.858. The van der Waals surface area contributed by atoms with Crippen molar-refractivity contribution >= 4 is 11.8 Å². The zero-order chi connectivity index (χ0) is 15.6. The van der Waals surface area contributed by atoms with Crippen LogP contribution in [-0.4, -0.2) is 47.5 Å². The van der Waals surface area contributed by atoms with Gasteiger partial charge >= 0.3 is 6.18 Å². The molecular formula is C12H12F3N3O3. The molecule has 0 bridgehead atoms. The number of ether oxygens (including phenoxy) is 1. The summed E-state index contributed by atoms with van der Waals surface area (Å²) in [5, 5.41) is 0. The Labute approximate surface area is 117 Å². The summed E-state index contributed by atoms with van der Waals surface area (Å²) >= 11 is 0. The number of morpholine rings is 1. The molecule has 9 heteroatoms. The molecule has 1 saturated heterocycles. The van der Waals surface area contributed by atoms with Gasteiger partial charge < -0.3 is 15.4 Å². The number of hydrogen-bond donors (Lipinski definition) is 1. The highest BCUT2D eigenvalue weighted by atomic mass is 19.4. The second-order valence-corrected chi connectivity index (χ2v) is 4.43. The average Bonchev–Trinajstić information content (AvgIpc) is 2.45. The first kappa shape index (κ1) is 15.2. The molecule has 2 N–H and O–H groups in total. The van der Waals surface area contributed by atoms with Crippen LogP contribution in [0.15, 0.2) is 18.5 Å². The van der Waals surface area contributed by atoms with Crippen molar-refractivity contribution in [2.24, 2.45) is 5.73 Å². The Morgan fingerprint density at radius 2 is 2.14 bits per heavy atom. The standard InChI is InChI=1S/C12H12F3N3O3/c13-12(14,15)8-5-17-2-1-7(8)11(20)18-3-4-21-9(6-18)10(16)19/h1-2,5,9H,3-4,6H2,(H2,16,19)/t9-/m0/s1. The largest absolute Gasteiger partial charge is 0.418 e. The molecule has 1 aliphatic rings. The number of nitrogens with zero attached hydrogens (tertiary/aromatic N) is 2. The van der Waals surface area contributed by atoms with Crippen molar-refractivity contribution in [3.05, 3.63) is 29.6 Å². The number of carbonyl (C=O) groups excluding carboxylic acids is 2. The van der Waals surface area contributed by atoms with Gasteiger partial charge in [0.05, 0.1) is 24.3 Å². The summed E-state index contributed by atoms with van der Waals surface area (Å²) in [6, 6.07) is 1.000. The smallest absolute Gasteiger partial charge is 0.367 e. The molecule has 2 rings (SSSR count). The molecule has 0 saturated carbocycles. The Morgan fingerprint density at radius 1 is 1.43 bits per heavy atom. The first-order valence-electron chi connectivity index (χ1n) is 6.02. The molecule has 114 valence electrons. The van der Waals surface area contributed by atoms with E-state index in [1.165, 1.54) is 0 Å². The van der Waals surface area contributed by atoms with Crippen LogP contribution >= 0.6 is 0 Å². The van der Waals surface area contributed by atoms with Crippen molar-refractivity contribution in [2.75, 3.05) is 19.7 Å². The number of nitrogens with two attached hydrogens (primary N) is 1. The van der Waals surface area contributed by atoms with Crippen molar-refractivity contribution in [3.8, 4) is 0 Å². The Hall–Kier alpha value is -2.16. The topological polar surface area (TPSA) is 85.5 Å². The zero-order valence-electron chi connectivity index (χ0n) is 10.8. The van der Waals surface area contributed by atoms with E-state index in [1.807, 2.05) is 0 Å². The minimum absolute atomic E-state index is 0.0335. The normalized spacial score (nSPS) is 19.4. The number of hydrogen-bond acceptors (Lipinski definition) is 4. The van der Waals surface area contributed by atoms with Gasteiger partial charge in [-0.1, -0.05) is 0 Å². The SMILES string of the molecule is NC(=O)[C@@H]1CN(C(=O)c2ccncc2C(F)(F)F)CCO1. The van der Waals surface area contributed by atoms with Crippen LogP contribution in [0.1, 0.15) is 15.9 Å². The zero-order valence-corrected chi connectivity index (χ0v) is 10.8. The molecule has 0 unspecified atom stereocenters. The maximum Gasteiger partial charge on any atom is 0.418 e. The predicted molar refractivity (Wildman–Crippen MR) is 64.1 cm³/mol. The van der Waals surface area contributed by atoms with Crippen LogP contribution in [0.25, 0.3) is 0 Å².